The third kappa shape index (κ3) is 3.01. The van der Waals surface area contributed by atoms with Gasteiger partial charge in [0.1, 0.15) is 5.75 Å². The van der Waals surface area contributed by atoms with E-state index in [1.807, 2.05) is 24.3 Å². The first-order valence-corrected chi connectivity index (χ1v) is 6.14. The van der Waals surface area contributed by atoms with Crippen LogP contribution in [0.1, 0.15) is 12.0 Å². The summed E-state index contributed by atoms with van der Waals surface area (Å²) in [5.41, 5.74) is 0.994. The maximum absolute atomic E-state index is 11.4. The van der Waals surface area contributed by atoms with E-state index in [1.54, 1.807) is 7.11 Å². The molecule has 1 N–H and O–H groups in total. The van der Waals surface area contributed by atoms with Crippen LogP contribution in [0, 0.1) is 11.8 Å². The summed E-state index contributed by atoms with van der Waals surface area (Å²) in [4.78, 5) is 11.4. The average Bonchev–Trinajstić information content (AvgIpc) is 2.89. The fraction of sp³-hybridized carbons (Fsp3) is 0.500. The zero-order valence-electron chi connectivity index (χ0n) is 10.5. The highest BCUT2D eigenvalue weighted by molar-refractivity contribution is 5.71. The van der Waals surface area contributed by atoms with Gasteiger partial charge in [-0.15, -0.1) is 0 Å². The summed E-state index contributed by atoms with van der Waals surface area (Å²) in [6.07, 6.45) is 1.36. The van der Waals surface area contributed by atoms with Gasteiger partial charge < -0.3 is 14.6 Å². The van der Waals surface area contributed by atoms with Crippen molar-refractivity contribution in [1.82, 2.24) is 0 Å². The van der Waals surface area contributed by atoms with Gasteiger partial charge in [0, 0.05) is 6.61 Å². The fourth-order valence-corrected chi connectivity index (χ4v) is 2.38. The van der Waals surface area contributed by atoms with E-state index in [0.29, 0.717) is 19.6 Å². The maximum atomic E-state index is 11.4. The van der Waals surface area contributed by atoms with Crippen molar-refractivity contribution in [3.63, 3.8) is 0 Å². The quantitative estimate of drug-likeness (QED) is 0.868. The molecule has 0 spiro atoms. The Morgan fingerprint density at radius 2 is 2.44 bits per heavy atom. The second kappa shape index (κ2) is 5.87. The Hall–Kier alpha value is -1.55. The van der Waals surface area contributed by atoms with Crippen LogP contribution < -0.4 is 4.74 Å². The second-order valence-corrected chi connectivity index (χ2v) is 4.62. The number of hydrogen-bond acceptors (Lipinski definition) is 3. The number of carboxylic acids is 1. The van der Waals surface area contributed by atoms with Gasteiger partial charge in [-0.05, 0) is 36.5 Å². The topological polar surface area (TPSA) is 55.8 Å². The molecule has 0 aliphatic carbocycles. The van der Waals surface area contributed by atoms with E-state index in [2.05, 4.69) is 0 Å². The molecule has 0 radical (unpaired) electrons. The van der Waals surface area contributed by atoms with Crippen LogP contribution in [0.15, 0.2) is 24.3 Å². The molecule has 18 heavy (non-hydrogen) atoms. The van der Waals surface area contributed by atoms with Crippen LogP contribution >= 0.6 is 0 Å². The molecule has 0 saturated carbocycles. The number of carboxylic acid groups (broad SMARTS) is 1. The van der Waals surface area contributed by atoms with Crippen LogP contribution in [0.5, 0.6) is 5.75 Å². The van der Waals surface area contributed by atoms with Crippen LogP contribution in [0.25, 0.3) is 0 Å². The highest BCUT2D eigenvalue weighted by Gasteiger charge is 2.31. The van der Waals surface area contributed by atoms with Crippen molar-refractivity contribution in [3.8, 4) is 5.75 Å². The summed E-state index contributed by atoms with van der Waals surface area (Å²) in [5.74, 6) is -0.235. The molecule has 2 rings (SSSR count). The van der Waals surface area contributed by atoms with Crippen molar-refractivity contribution in [2.75, 3.05) is 20.3 Å². The van der Waals surface area contributed by atoms with Gasteiger partial charge >= 0.3 is 5.97 Å². The van der Waals surface area contributed by atoms with Crippen LogP contribution in [-0.2, 0) is 16.0 Å². The summed E-state index contributed by atoms with van der Waals surface area (Å²) in [6.45, 7) is 1.23. The maximum Gasteiger partial charge on any atom is 0.307 e. The van der Waals surface area contributed by atoms with Gasteiger partial charge in [-0.2, -0.15) is 0 Å². The fourth-order valence-electron chi connectivity index (χ4n) is 2.38. The molecule has 4 heteroatoms. The van der Waals surface area contributed by atoms with Crippen molar-refractivity contribution >= 4 is 5.97 Å². The van der Waals surface area contributed by atoms with Crippen molar-refractivity contribution in [1.29, 1.82) is 0 Å². The largest absolute Gasteiger partial charge is 0.497 e. The van der Waals surface area contributed by atoms with Crippen LogP contribution in [0.3, 0.4) is 0 Å². The molecule has 98 valence electrons. The molecule has 4 nitrogen and oxygen atoms in total. The van der Waals surface area contributed by atoms with Gasteiger partial charge in [0.05, 0.1) is 19.6 Å². The predicted molar refractivity (Wildman–Crippen MR) is 66.7 cm³/mol. The number of ether oxygens (including phenoxy) is 2. The number of methoxy groups -OCH3 is 1. The Balaban J connectivity index is 2.10. The summed E-state index contributed by atoms with van der Waals surface area (Å²) in [6, 6.07) is 7.58. The second-order valence-electron chi connectivity index (χ2n) is 4.62. The number of benzene rings is 1. The number of aliphatic carboxylic acids is 1. The lowest BCUT2D eigenvalue weighted by molar-refractivity contribution is -0.143. The van der Waals surface area contributed by atoms with Crippen LogP contribution in [0.2, 0.25) is 0 Å². The van der Waals surface area contributed by atoms with Crippen molar-refractivity contribution in [2.45, 2.75) is 12.8 Å². The van der Waals surface area contributed by atoms with Crippen molar-refractivity contribution < 1.29 is 19.4 Å². The highest BCUT2D eigenvalue weighted by Crippen LogP contribution is 2.26. The molecule has 1 aromatic rings. The van der Waals surface area contributed by atoms with Crippen molar-refractivity contribution in [2.24, 2.45) is 11.8 Å². The van der Waals surface area contributed by atoms with E-state index in [4.69, 9.17) is 9.47 Å². The minimum atomic E-state index is -0.742. The zero-order valence-corrected chi connectivity index (χ0v) is 10.5. The first-order valence-electron chi connectivity index (χ1n) is 6.14. The number of hydrogen-bond donors (Lipinski definition) is 1. The SMILES string of the molecule is COc1cccc(CC(C(=O)O)C2CCOC2)c1. The van der Waals surface area contributed by atoms with E-state index in [-0.39, 0.29) is 11.8 Å². The Morgan fingerprint density at radius 3 is 3.06 bits per heavy atom. The minimum absolute atomic E-state index is 0.119. The highest BCUT2D eigenvalue weighted by atomic mass is 16.5. The smallest absolute Gasteiger partial charge is 0.307 e. The van der Waals surface area contributed by atoms with Crippen molar-refractivity contribution in [3.05, 3.63) is 29.8 Å². The molecule has 2 atom stereocenters. The summed E-state index contributed by atoms with van der Waals surface area (Å²) >= 11 is 0. The van der Waals surface area contributed by atoms with Gasteiger partial charge in [-0.3, -0.25) is 4.79 Å². The molecule has 1 fully saturated rings. The zero-order chi connectivity index (χ0) is 13.0. The lowest BCUT2D eigenvalue weighted by atomic mass is 9.86. The third-order valence-electron chi connectivity index (χ3n) is 3.44. The Bertz CT molecular complexity index is 410. The Labute approximate surface area is 107 Å². The molecule has 1 saturated heterocycles. The lowest BCUT2D eigenvalue weighted by Gasteiger charge is -2.18. The van der Waals surface area contributed by atoms with Gasteiger partial charge in [-0.1, -0.05) is 12.1 Å². The Kier molecular flexibility index (Phi) is 4.20. The van der Waals surface area contributed by atoms with Gasteiger partial charge in [-0.25, -0.2) is 0 Å². The monoisotopic (exact) mass is 250 g/mol. The van der Waals surface area contributed by atoms with Gasteiger partial charge in [0.2, 0.25) is 0 Å². The van der Waals surface area contributed by atoms with Crippen LogP contribution in [-0.4, -0.2) is 31.4 Å². The Morgan fingerprint density at radius 1 is 1.61 bits per heavy atom. The summed E-state index contributed by atoms with van der Waals surface area (Å²) in [7, 11) is 1.61. The van der Waals surface area contributed by atoms with Gasteiger partial charge in [0.25, 0.3) is 0 Å². The van der Waals surface area contributed by atoms with E-state index in [9.17, 15) is 9.90 Å². The average molecular weight is 250 g/mol. The van der Waals surface area contributed by atoms with E-state index >= 15 is 0 Å². The number of carbonyl (C=O) groups is 1. The molecular weight excluding hydrogens is 232 g/mol. The lowest BCUT2D eigenvalue weighted by Crippen LogP contribution is -2.26. The summed E-state index contributed by atoms with van der Waals surface area (Å²) < 4.78 is 10.4. The minimum Gasteiger partial charge on any atom is -0.497 e. The predicted octanol–water partition coefficient (Wildman–Crippen LogP) is 1.97. The first-order chi connectivity index (χ1) is 8.70. The molecule has 0 aromatic heterocycles. The molecular formula is C14H18O4. The standard InChI is InChI=1S/C14H18O4/c1-17-12-4-2-3-10(7-12)8-13(14(15)16)11-5-6-18-9-11/h2-4,7,11,13H,5-6,8-9H2,1H3,(H,15,16). The van der Waals surface area contributed by atoms with Crippen LogP contribution in [0.4, 0.5) is 0 Å². The molecule has 1 aliphatic heterocycles. The molecule has 1 aromatic carbocycles. The van der Waals surface area contributed by atoms with E-state index < -0.39 is 5.97 Å². The normalized spacial score (nSPS) is 20.6. The van der Waals surface area contributed by atoms with E-state index in [0.717, 1.165) is 17.7 Å². The molecule has 0 bridgehead atoms. The first kappa shape index (κ1) is 12.9. The molecule has 0 amide bonds. The number of rotatable bonds is 5. The van der Waals surface area contributed by atoms with E-state index in [1.165, 1.54) is 0 Å². The molecule has 1 heterocycles. The molecule has 2 unspecified atom stereocenters. The summed E-state index contributed by atoms with van der Waals surface area (Å²) in [5, 5.41) is 9.33. The third-order valence-corrected chi connectivity index (χ3v) is 3.44. The van der Waals surface area contributed by atoms with Gasteiger partial charge in [0.15, 0.2) is 0 Å². The molecule has 1 aliphatic rings.